The summed E-state index contributed by atoms with van der Waals surface area (Å²) >= 11 is 0. The maximum absolute atomic E-state index is 5.43. The van der Waals surface area contributed by atoms with Crippen molar-refractivity contribution in [3.05, 3.63) is 46.6 Å². The second-order valence-corrected chi connectivity index (χ2v) is 7.82. The first-order valence-electron chi connectivity index (χ1n) is 8.46. The number of hydrogen-bond acceptors (Lipinski definition) is 4. The Kier molecular flexibility index (Phi) is 4.28. The highest BCUT2D eigenvalue weighted by atomic mass is 16.5. The molecule has 1 aromatic carbocycles. The first-order valence-corrected chi connectivity index (χ1v) is 8.46. The van der Waals surface area contributed by atoms with Crippen LogP contribution in [0.25, 0.3) is 0 Å². The first kappa shape index (κ1) is 16.2. The summed E-state index contributed by atoms with van der Waals surface area (Å²) < 4.78 is 5.43. The van der Waals surface area contributed by atoms with Gasteiger partial charge in [0, 0.05) is 18.0 Å². The van der Waals surface area contributed by atoms with Crippen LogP contribution in [0.15, 0.2) is 22.7 Å². The van der Waals surface area contributed by atoms with Gasteiger partial charge in [-0.25, -0.2) is 0 Å². The maximum atomic E-state index is 5.43. The van der Waals surface area contributed by atoms with Crippen molar-refractivity contribution in [3.8, 4) is 0 Å². The Bertz CT molecular complexity index is 680. The van der Waals surface area contributed by atoms with Crippen LogP contribution in [-0.2, 0) is 18.5 Å². The van der Waals surface area contributed by atoms with Crippen molar-refractivity contribution in [2.75, 3.05) is 0 Å². The van der Waals surface area contributed by atoms with Gasteiger partial charge in [0.25, 0.3) is 0 Å². The van der Waals surface area contributed by atoms with Crippen molar-refractivity contribution in [1.29, 1.82) is 0 Å². The number of aromatic nitrogens is 2. The third-order valence-electron chi connectivity index (χ3n) is 4.47. The summed E-state index contributed by atoms with van der Waals surface area (Å²) in [6.45, 7) is 12.3. The van der Waals surface area contributed by atoms with E-state index in [-0.39, 0.29) is 5.41 Å². The van der Waals surface area contributed by atoms with Crippen molar-refractivity contribution in [2.24, 2.45) is 0 Å². The number of benzene rings is 1. The van der Waals surface area contributed by atoms with Gasteiger partial charge in [0.1, 0.15) is 0 Å². The molecule has 0 amide bonds. The molecule has 0 atom stereocenters. The van der Waals surface area contributed by atoms with Gasteiger partial charge in [0.2, 0.25) is 5.89 Å². The zero-order chi connectivity index (χ0) is 16.6. The Labute approximate surface area is 138 Å². The summed E-state index contributed by atoms with van der Waals surface area (Å²) in [5.74, 6) is 1.51. The summed E-state index contributed by atoms with van der Waals surface area (Å²) in [6, 6.07) is 7.39. The largest absolute Gasteiger partial charge is 0.339 e. The van der Waals surface area contributed by atoms with Crippen LogP contribution in [0.4, 0.5) is 0 Å². The average Bonchev–Trinajstić information content (AvgIpc) is 3.20. The van der Waals surface area contributed by atoms with E-state index < -0.39 is 0 Å². The molecule has 0 N–H and O–H groups in total. The molecule has 3 rings (SSSR count). The van der Waals surface area contributed by atoms with Gasteiger partial charge in [-0.2, -0.15) is 4.98 Å². The Morgan fingerprint density at radius 1 is 1.13 bits per heavy atom. The fraction of sp³-hybridized carbons (Fsp3) is 0.579. The lowest BCUT2D eigenvalue weighted by Gasteiger charge is -2.20. The number of hydrogen-bond donors (Lipinski definition) is 0. The van der Waals surface area contributed by atoms with E-state index in [2.05, 4.69) is 67.9 Å². The molecule has 0 bridgehead atoms. The van der Waals surface area contributed by atoms with Gasteiger partial charge < -0.3 is 4.52 Å². The first-order chi connectivity index (χ1) is 10.8. The molecule has 4 heteroatoms. The molecule has 0 spiro atoms. The molecule has 1 aliphatic carbocycles. The van der Waals surface area contributed by atoms with Crippen LogP contribution in [-0.4, -0.2) is 21.1 Å². The van der Waals surface area contributed by atoms with E-state index in [1.807, 2.05) is 0 Å². The second kappa shape index (κ2) is 6.08. The average molecular weight is 313 g/mol. The van der Waals surface area contributed by atoms with Gasteiger partial charge in [-0.3, -0.25) is 4.90 Å². The predicted octanol–water partition coefficient (Wildman–Crippen LogP) is 4.15. The molecule has 1 fully saturated rings. The Balaban J connectivity index is 1.72. The Hall–Kier alpha value is -1.68. The van der Waals surface area contributed by atoms with Crippen LogP contribution in [0.3, 0.4) is 0 Å². The Morgan fingerprint density at radius 2 is 1.87 bits per heavy atom. The number of nitrogens with zero attached hydrogens (tertiary/aromatic N) is 3. The normalized spacial score (nSPS) is 15.4. The van der Waals surface area contributed by atoms with Gasteiger partial charge in [0.05, 0.1) is 6.54 Å². The molecule has 0 unspecified atom stereocenters. The van der Waals surface area contributed by atoms with E-state index in [4.69, 9.17) is 4.52 Å². The van der Waals surface area contributed by atoms with Gasteiger partial charge >= 0.3 is 0 Å². The summed E-state index contributed by atoms with van der Waals surface area (Å²) in [6.07, 6.45) is 2.55. The fourth-order valence-corrected chi connectivity index (χ4v) is 2.69. The lowest BCUT2D eigenvalue weighted by Crippen LogP contribution is -2.26. The van der Waals surface area contributed by atoms with Crippen molar-refractivity contribution in [1.82, 2.24) is 15.0 Å². The van der Waals surface area contributed by atoms with E-state index in [1.54, 1.807) is 0 Å². The highest BCUT2D eigenvalue weighted by Crippen LogP contribution is 2.30. The van der Waals surface area contributed by atoms with Gasteiger partial charge in [0.15, 0.2) is 5.82 Å². The minimum absolute atomic E-state index is 0.0935. The topological polar surface area (TPSA) is 42.2 Å². The molecule has 4 nitrogen and oxygen atoms in total. The summed E-state index contributed by atoms with van der Waals surface area (Å²) in [5, 5.41) is 4.18. The standard InChI is InChI=1S/C19H27N3O/c1-13-6-7-15(10-14(13)2)11-22(16-8-9-16)12-17-20-18(23-21-17)19(3,4)5/h6-7,10,16H,8-9,11-12H2,1-5H3. The predicted molar refractivity (Wildman–Crippen MR) is 91.2 cm³/mol. The molecule has 0 saturated heterocycles. The maximum Gasteiger partial charge on any atom is 0.232 e. The SMILES string of the molecule is Cc1ccc(CN(Cc2noc(C(C)(C)C)n2)C2CC2)cc1C. The minimum Gasteiger partial charge on any atom is -0.339 e. The number of aryl methyl sites for hydroxylation is 2. The molecule has 124 valence electrons. The third kappa shape index (κ3) is 3.99. The molecule has 1 saturated carbocycles. The zero-order valence-corrected chi connectivity index (χ0v) is 14.9. The van der Waals surface area contributed by atoms with E-state index >= 15 is 0 Å². The molecule has 2 aromatic rings. The van der Waals surface area contributed by atoms with Crippen LogP contribution in [0.5, 0.6) is 0 Å². The third-order valence-corrected chi connectivity index (χ3v) is 4.47. The van der Waals surface area contributed by atoms with Crippen molar-refractivity contribution in [2.45, 2.75) is 72.0 Å². The van der Waals surface area contributed by atoms with Crippen LogP contribution in [0, 0.1) is 13.8 Å². The highest BCUT2D eigenvalue weighted by Gasteiger charge is 2.31. The highest BCUT2D eigenvalue weighted by molar-refractivity contribution is 5.30. The molecule has 1 aliphatic rings. The number of rotatable bonds is 5. The van der Waals surface area contributed by atoms with E-state index in [9.17, 15) is 0 Å². The van der Waals surface area contributed by atoms with Crippen molar-refractivity contribution >= 4 is 0 Å². The van der Waals surface area contributed by atoms with E-state index in [1.165, 1.54) is 29.5 Å². The molecular weight excluding hydrogens is 286 g/mol. The molecule has 1 heterocycles. The van der Waals surface area contributed by atoms with Crippen LogP contribution in [0.1, 0.15) is 62.0 Å². The van der Waals surface area contributed by atoms with Gasteiger partial charge in [-0.05, 0) is 43.4 Å². The van der Waals surface area contributed by atoms with Crippen LogP contribution < -0.4 is 0 Å². The fourth-order valence-electron chi connectivity index (χ4n) is 2.69. The van der Waals surface area contributed by atoms with Crippen molar-refractivity contribution < 1.29 is 4.52 Å². The van der Waals surface area contributed by atoms with E-state index in [0.29, 0.717) is 6.04 Å². The Morgan fingerprint density at radius 3 is 2.43 bits per heavy atom. The minimum atomic E-state index is -0.0935. The van der Waals surface area contributed by atoms with Gasteiger partial charge in [-0.1, -0.05) is 44.1 Å². The smallest absolute Gasteiger partial charge is 0.232 e. The summed E-state index contributed by atoms with van der Waals surface area (Å²) in [7, 11) is 0. The second-order valence-electron chi connectivity index (χ2n) is 7.82. The molecule has 1 aromatic heterocycles. The van der Waals surface area contributed by atoms with Crippen LogP contribution in [0.2, 0.25) is 0 Å². The summed E-state index contributed by atoms with van der Waals surface area (Å²) in [4.78, 5) is 7.06. The van der Waals surface area contributed by atoms with Gasteiger partial charge in [-0.15, -0.1) is 0 Å². The van der Waals surface area contributed by atoms with E-state index in [0.717, 1.165) is 24.8 Å². The lowest BCUT2D eigenvalue weighted by molar-refractivity contribution is 0.234. The monoisotopic (exact) mass is 313 g/mol. The van der Waals surface area contributed by atoms with Crippen molar-refractivity contribution in [3.63, 3.8) is 0 Å². The quantitative estimate of drug-likeness (QED) is 0.831. The van der Waals surface area contributed by atoms with Crippen LogP contribution >= 0.6 is 0 Å². The lowest BCUT2D eigenvalue weighted by atomic mass is 9.97. The molecule has 23 heavy (non-hydrogen) atoms. The molecular formula is C19H27N3O. The molecule has 0 aliphatic heterocycles. The molecule has 0 radical (unpaired) electrons. The zero-order valence-electron chi connectivity index (χ0n) is 14.9. The summed E-state index contributed by atoms with van der Waals surface area (Å²) in [5.41, 5.74) is 3.97.